The van der Waals surface area contributed by atoms with Crippen molar-refractivity contribution in [2.24, 2.45) is 0 Å². The van der Waals surface area contributed by atoms with Crippen molar-refractivity contribution >= 4 is 22.8 Å². The highest BCUT2D eigenvalue weighted by Crippen LogP contribution is 2.22. The number of amides is 2. The van der Waals surface area contributed by atoms with Crippen molar-refractivity contribution in [1.29, 1.82) is 5.26 Å². The van der Waals surface area contributed by atoms with Crippen LogP contribution in [0.5, 0.6) is 5.75 Å². The van der Waals surface area contributed by atoms with Crippen molar-refractivity contribution in [2.45, 2.75) is 26.4 Å². The minimum absolute atomic E-state index is 0.228. The summed E-state index contributed by atoms with van der Waals surface area (Å²) in [6.45, 7) is 2.00. The van der Waals surface area contributed by atoms with E-state index in [1.807, 2.05) is 49.4 Å². The number of carbonyl (C=O) groups excluding carboxylic acids is 2. The van der Waals surface area contributed by atoms with Gasteiger partial charge in [0.25, 0.3) is 11.8 Å². The molecule has 9 nitrogen and oxygen atoms in total. The van der Waals surface area contributed by atoms with E-state index in [0.29, 0.717) is 23.4 Å². The summed E-state index contributed by atoms with van der Waals surface area (Å²) in [5, 5.41) is 8.91. The SMILES string of the molecule is CCCn1c(=O)n(CC(=O)NNC(=O)COc2ccc(-c3ccc(C#N)cc3)cc2)c2ccccc21. The summed E-state index contributed by atoms with van der Waals surface area (Å²) < 4.78 is 8.52. The number of rotatable bonds is 8. The number of hydrogen-bond acceptors (Lipinski definition) is 5. The Labute approximate surface area is 207 Å². The Bertz CT molecular complexity index is 1480. The second-order valence-corrected chi connectivity index (χ2v) is 8.11. The quantitative estimate of drug-likeness (QED) is 0.374. The molecule has 0 aliphatic rings. The van der Waals surface area contributed by atoms with E-state index in [-0.39, 0.29) is 18.8 Å². The fourth-order valence-electron chi connectivity index (χ4n) is 3.85. The Hall–Kier alpha value is -4.84. The maximum absolute atomic E-state index is 12.8. The Kier molecular flexibility index (Phi) is 7.46. The summed E-state index contributed by atoms with van der Waals surface area (Å²) >= 11 is 0. The predicted octanol–water partition coefficient (Wildman–Crippen LogP) is 2.98. The molecule has 0 unspecified atom stereocenters. The Morgan fingerprint density at radius 2 is 1.44 bits per heavy atom. The molecule has 3 aromatic carbocycles. The number of hydrogen-bond donors (Lipinski definition) is 2. The number of hydrazine groups is 1. The third-order valence-corrected chi connectivity index (χ3v) is 5.59. The molecule has 0 saturated heterocycles. The smallest absolute Gasteiger partial charge is 0.329 e. The van der Waals surface area contributed by atoms with Crippen molar-refractivity contribution < 1.29 is 14.3 Å². The summed E-state index contributed by atoms with van der Waals surface area (Å²) in [4.78, 5) is 37.3. The molecule has 2 N–H and O–H groups in total. The molecule has 1 heterocycles. The molecule has 0 atom stereocenters. The van der Waals surface area contributed by atoms with Gasteiger partial charge in [-0.2, -0.15) is 5.26 Å². The van der Waals surface area contributed by atoms with E-state index in [1.54, 1.807) is 34.9 Å². The van der Waals surface area contributed by atoms with E-state index >= 15 is 0 Å². The van der Waals surface area contributed by atoms with Gasteiger partial charge in [-0.25, -0.2) is 4.79 Å². The minimum Gasteiger partial charge on any atom is -0.484 e. The topological polar surface area (TPSA) is 118 Å². The van der Waals surface area contributed by atoms with Gasteiger partial charge in [0.05, 0.1) is 22.7 Å². The number of nitrogens with one attached hydrogen (secondary N) is 2. The maximum atomic E-state index is 12.8. The summed E-state index contributed by atoms with van der Waals surface area (Å²) in [6.07, 6.45) is 0.786. The van der Waals surface area contributed by atoms with Crippen LogP contribution < -0.4 is 21.3 Å². The van der Waals surface area contributed by atoms with E-state index in [1.165, 1.54) is 4.57 Å². The highest BCUT2D eigenvalue weighted by Gasteiger charge is 2.15. The van der Waals surface area contributed by atoms with Crippen LogP contribution in [0.3, 0.4) is 0 Å². The van der Waals surface area contributed by atoms with Gasteiger partial charge in [0.1, 0.15) is 12.3 Å². The molecule has 0 saturated carbocycles. The van der Waals surface area contributed by atoms with Crippen LogP contribution in [-0.4, -0.2) is 27.6 Å². The van der Waals surface area contributed by atoms with Crippen LogP contribution in [-0.2, 0) is 22.7 Å². The number of ether oxygens (including phenoxy) is 1. The number of fused-ring (bicyclic) bond motifs is 1. The largest absolute Gasteiger partial charge is 0.484 e. The lowest BCUT2D eigenvalue weighted by Crippen LogP contribution is -2.46. The molecule has 0 fully saturated rings. The van der Waals surface area contributed by atoms with Gasteiger partial charge in [-0.1, -0.05) is 43.3 Å². The van der Waals surface area contributed by atoms with Gasteiger partial charge < -0.3 is 4.74 Å². The van der Waals surface area contributed by atoms with Crippen molar-refractivity contribution in [3.63, 3.8) is 0 Å². The molecule has 36 heavy (non-hydrogen) atoms. The van der Waals surface area contributed by atoms with Crippen LogP contribution in [0.4, 0.5) is 0 Å². The van der Waals surface area contributed by atoms with Crippen molar-refractivity contribution in [2.75, 3.05) is 6.61 Å². The normalized spacial score (nSPS) is 10.6. The second-order valence-electron chi connectivity index (χ2n) is 8.11. The molecule has 4 rings (SSSR count). The Morgan fingerprint density at radius 1 is 0.861 bits per heavy atom. The minimum atomic E-state index is -0.541. The van der Waals surface area contributed by atoms with Crippen LogP contribution in [0.1, 0.15) is 18.9 Å². The predicted molar refractivity (Wildman–Crippen MR) is 135 cm³/mol. The van der Waals surface area contributed by atoms with Crippen molar-refractivity contribution in [3.8, 4) is 22.9 Å². The van der Waals surface area contributed by atoms with Crippen LogP contribution in [0.2, 0.25) is 0 Å². The first-order chi connectivity index (χ1) is 17.5. The third kappa shape index (κ3) is 5.45. The number of nitrogens with zero attached hydrogens (tertiary/aromatic N) is 3. The number of para-hydroxylation sites is 2. The average Bonchev–Trinajstić information content (AvgIpc) is 3.17. The number of aryl methyl sites for hydroxylation is 1. The van der Waals surface area contributed by atoms with Gasteiger partial charge in [-0.05, 0) is 53.9 Å². The number of imidazole rings is 1. The lowest BCUT2D eigenvalue weighted by atomic mass is 10.0. The summed E-state index contributed by atoms with van der Waals surface area (Å²) in [7, 11) is 0. The molecule has 0 radical (unpaired) electrons. The number of carbonyl (C=O) groups is 2. The zero-order valence-electron chi connectivity index (χ0n) is 19.7. The van der Waals surface area contributed by atoms with Gasteiger partial charge >= 0.3 is 5.69 Å². The molecule has 2 amide bonds. The highest BCUT2D eigenvalue weighted by molar-refractivity contribution is 5.84. The van der Waals surface area contributed by atoms with E-state index in [2.05, 4.69) is 16.9 Å². The molecule has 182 valence electrons. The molecular formula is C27H25N5O4. The average molecular weight is 484 g/mol. The van der Waals surface area contributed by atoms with Crippen molar-refractivity contribution in [3.05, 3.63) is 88.8 Å². The highest BCUT2D eigenvalue weighted by atomic mass is 16.5. The Morgan fingerprint density at radius 3 is 2.06 bits per heavy atom. The fourth-order valence-corrected chi connectivity index (χ4v) is 3.85. The zero-order chi connectivity index (χ0) is 25.5. The first kappa shape index (κ1) is 24.3. The van der Waals surface area contributed by atoms with Gasteiger partial charge in [0, 0.05) is 6.54 Å². The molecule has 1 aromatic heterocycles. The fraction of sp³-hybridized carbons (Fsp3) is 0.185. The molecule has 9 heteroatoms. The lowest BCUT2D eigenvalue weighted by molar-refractivity contribution is -0.130. The lowest BCUT2D eigenvalue weighted by Gasteiger charge is -2.10. The molecule has 0 aliphatic heterocycles. The molecular weight excluding hydrogens is 458 g/mol. The van der Waals surface area contributed by atoms with Crippen molar-refractivity contribution in [1.82, 2.24) is 20.0 Å². The molecule has 4 aromatic rings. The summed E-state index contributed by atoms with van der Waals surface area (Å²) in [6, 6.07) is 23.8. The second kappa shape index (κ2) is 11.1. The van der Waals surface area contributed by atoms with E-state index in [0.717, 1.165) is 23.1 Å². The molecule has 0 bridgehead atoms. The monoisotopic (exact) mass is 483 g/mol. The van der Waals surface area contributed by atoms with Gasteiger partial charge in [-0.3, -0.25) is 29.6 Å². The van der Waals surface area contributed by atoms with Crippen LogP contribution in [0.15, 0.2) is 77.6 Å². The van der Waals surface area contributed by atoms with Gasteiger partial charge in [0.15, 0.2) is 6.61 Å². The Balaban J connectivity index is 1.29. The van der Waals surface area contributed by atoms with Crippen LogP contribution in [0.25, 0.3) is 22.2 Å². The van der Waals surface area contributed by atoms with Gasteiger partial charge in [0.2, 0.25) is 0 Å². The molecule has 0 spiro atoms. The summed E-state index contributed by atoms with van der Waals surface area (Å²) in [5.74, 6) is -0.582. The van der Waals surface area contributed by atoms with E-state index < -0.39 is 11.8 Å². The van der Waals surface area contributed by atoms with E-state index in [9.17, 15) is 14.4 Å². The first-order valence-corrected chi connectivity index (χ1v) is 11.5. The number of aromatic nitrogens is 2. The standard InChI is InChI=1S/C27H25N5O4/c1-2-15-31-23-5-3-4-6-24(23)32(27(31)35)17-25(33)29-30-26(34)18-36-22-13-11-21(12-14-22)20-9-7-19(16-28)8-10-20/h3-14H,2,15,17-18H2,1H3,(H,29,33)(H,30,34). The van der Waals surface area contributed by atoms with Crippen LogP contribution in [0, 0.1) is 11.3 Å². The molecule has 0 aliphatic carbocycles. The third-order valence-electron chi connectivity index (χ3n) is 5.59. The number of nitriles is 1. The zero-order valence-corrected chi connectivity index (χ0v) is 19.7. The van der Waals surface area contributed by atoms with Gasteiger partial charge in [-0.15, -0.1) is 0 Å². The van der Waals surface area contributed by atoms with E-state index in [4.69, 9.17) is 10.00 Å². The maximum Gasteiger partial charge on any atom is 0.329 e. The van der Waals surface area contributed by atoms with Crippen LogP contribution >= 0.6 is 0 Å². The first-order valence-electron chi connectivity index (χ1n) is 11.5. The number of benzene rings is 3. The summed E-state index contributed by atoms with van der Waals surface area (Å²) in [5.41, 5.74) is 8.28.